The molecule has 1 fully saturated rings. The molecule has 1 heterocycles. The average molecular weight is 242 g/mol. The molecule has 1 saturated heterocycles. The minimum Gasteiger partial charge on any atom is -0.377 e. The third-order valence-corrected chi connectivity index (χ3v) is 3.44. The van der Waals surface area contributed by atoms with Gasteiger partial charge in [-0.2, -0.15) is 0 Å². The minimum atomic E-state index is 0.347. The van der Waals surface area contributed by atoms with E-state index in [2.05, 4.69) is 18.7 Å². The number of hydrogen-bond acceptors (Lipinski definition) is 3. The summed E-state index contributed by atoms with van der Waals surface area (Å²) in [5, 5.41) is 0. The van der Waals surface area contributed by atoms with Crippen molar-refractivity contribution in [2.45, 2.75) is 64.5 Å². The topological polar surface area (TPSA) is 38.5 Å². The minimum absolute atomic E-state index is 0.347. The zero-order chi connectivity index (χ0) is 12.5. The maximum Gasteiger partial charge on any atom is 0.0702 e. The normalized spacial score (nSPS) is 23.8. The first-order valence-corrected chi connectivity index (χ1v) is 7.35. The van der Waals surface area contributed by atoms with Gasteiger partial charge in [-0.15, -0.1) is 0 Å². The quantitative estimate of drug-likeness (QED) is 0.710. The summed E-state index contributed by atoms with van der Waals surface area (Å²) in [5.74, 6) is 0. The highest BCUT2D eigenvalue weighted by Crippen LogP contribution is 2.14. The number of unbranched alkanes of at least 4 members (excludes halogenated alkanes) is 1. The zero-order valence-corrected chi connectivity index (χ0v) is 11.7. The smallest absolute Gasteiger partial charge is 0.0702 e. The molecule has 1 aliphatic rings. The number of ether oxygens (including phenoxy) is 1. The second-order valence-electron chi connectivity index (χ2n) is 5.30. The third-order valence-electron chi connectivity index (χ3n) is 3.44. The molecule has 0 radical (unpaired) electrons. The highest BCUT2D eigenvalue weighted by Gasteiger charge is 2.21. The van der Waals surface area contributed by atoms with E-state index >= 15 is 0 Å². The molecule has 2 unspecified atom stereocenters. The molecule has 0 aromatic carbocycles. The number of hydrogen-bond donors (Lipinski definition) is 1. The van der Waals surface area contributed by atoms with E-state index in [4.69, 9.17) is 10.5 Å². The monoisotopic (exact) mass is 242 g/mol. The van der Waals surface area contributed by atoms with E-state index in [0.29, 0.717) is 12.1 Å². The Morgan fingerprint density at radius 2 is 2.18 bits per heavy atom. The summed E-state index contributed by atoms with van der Waals surface area (Å²) in [7, 11) is 0. The molecular formula is C14H30N2O. The molecule has 0 saturated carbocycles. The summed E-state index contributed by atoms with van der Waals surface area (Å²) in [6.07, 6.45) is 7.71. The lowest BCUT2D eigenvalue weighted by molar-refractivity contribution is -0.00152. The predicted octanol–water partition coefficient (Wildman–Crippen LogP) is 2.39. The Kier molecular flexibility index (Phi) is 7.82. The molecule has 0 spiro atoms. The molecule has 0 bridgehead atoms. The summed E-state index contributed by atoms with van der Waals surface area (Å²) < 4.78 is 5.84. The van der Waals surface area contributed by atoms with Crippen molar-refractivity contribution in [2.75, 3.05) is 26.2 Å². The van der Waals surface area contributed by atoms with Crippen molar-refractivity contribution in [2.24, 2.45) is 5.73 Å². The Hall–Kier alpha value is -0.120. The maximum atomic E-state index is 6.15. The second-order valence-corrected chi connectivity index (χ2v) is 5.30. The summed E-state index contributed by atoms with van der Waals surface area (Å²) in [6, 6.07) is 0.347. The molecule has 0 amide bonds. The second kappa shape index (κ2) is 8.90. The summed E-state index contributed by atoms with van der Waals surface area (Å²) in [5.41, 5.74) is 6.15. The predicted molar refractivity (Wildman–Crippen MR) is 73.2 cm³/mol. The van der Waals surface area contributed by atoms with E-state index in [1.807, 2.05) is 0 Å². The molecule has 17 heavy (non-hydrogen) atoms. The molecule has 102 valence electrons. The lowest BCUT2D eigenvalue weighted by Crippen LogP contribution is -2.45. The van der Waals surface area contributed by atoms with Crippen LogP contribution in [0.25, 0.3) is 0 Å². The van der Waals surface area contributed by atoms with Gasteiger partial charge < -0.3 is 10.5 Å². The highest BCUT2D eigenvalue weighted by atomic mass is 16.5. The van der Waals surface area contributed by atoms with Crippen LogP contribution < -0.4 is 5.73 Å². The van der Waals surface area contributed by atoms with Crippen molar-refractivity contribution < 1.29 is 4.74 Å². The van der Waals surface area contributed by atoms with Crippen molar-refractivity contribution in [1.29, 1.82) is 0 Å². The van der Waals surface area contributed by atoms with Gasteiger partial charge in [0.1, 0.15) is 0 Å². The Morgan fingerprint density at radius 3 is 2.88 bits per heavy atom. The van der Waals surface area contributed by atoms with Gasteiger partial charge in [0.15, 0.2) is 0 Å². The standard InChI is InChI=1S/C14H30N2O/c1-3-5-7-13(15)11-16-9-6-8-14(12-16)17-10-4-2/h13-14H,3-12,15H2,1-2H3. The molecule has 2 atom stereocenters. The van der Waals surface area contributed by atoms with Crippen LogP contribution in [-0.4, -0.2) is 43.3 Å². The molecule has 2 N–H and O–H groups in total. The van der Waals surface area contributed by atoms with E-state index in [0.717, 1.165) is 32.5 Å². The Labute approximate surface area is 107 Å². The SMILES string of the molecule is CCCCC(N)CN1CCCC(OCCC)C1. The van der Waals surface area contributed by atoms with Gasteiger partial charge >= 0.3 is 0 Å². The highest BCUT2D eigenvalue weighted by molar-refractivity contribution is 4.76. The number of likely N-dealkylation sites (tertiary alicyclic amines) is 1. The number of nitrogens with zero attached hydrogens (tertiary/aromatic N) is 1. The first-order valence-electron chi connectivity index (χ1n) is 7.35. The van der Waals surface area contributed by atoms with Gasteiger partial charge in [-0.25, -0.2) is 0 Å². The molecule has 0 aromatic rings. The van der Waals surface area contributed by atoms with Gasteiger partial charge in [0.05, 0.1) is 6.10 Å². The van der Waals surface area contributed by atoms with Crippen LogP contribution in [0.5, 0.6) is 0 Å². The van der Waals surface area contributed by atoms with E-state index in [-0.39, 0.29) is 0 Å². The van der Waals surface area contributed by atoms with E-state index < -0.39 is 0 Å². The lowest BCUT2D eigenvalue weighted by Gasteiger charge is -2.34. The summed E-state index contributed by atoms with van der Waals surface area (Å²) in [6.45, 7) is 8.63. The average Bonchev–Trinajstić information content (AvgIpc) is 2.34. The van der Waals surface area contributed by atoms with E-state index in [1.54, 1.807) is 0 Å². The van der Waals surface area contributed by atoms with Crippen molar-refractivity contribution in [3.05, 3.63) is 0 Å². The van der Waals surface area contributed by atoms with Crippen molar-refractivity contribution in [3.8, 4) is 0 Å². The van der Waals surface area contributed by atoms with Crippen LogP contribution >= 0.6 is 0 Å². The fourth-order valence-corrected chi connectivity index (χ4v) is 2.49. The fourth-order valence-electron chi connectivity index (χ4n) is 2.49. The molecular weight excluding hydrogens is 212 g/mol. The molecule has 1 rings (SSSR count). The van der Waals surface area contributed by atoms with Gasteiger partial charge in [-0.3, -0.25) is 4.90 Å². The summed E-state index contributed by atoms with van der Waals surface area (Å²) >= 11 is 0. The first-order chi connectivity index (χ1) is 8.26. The first kappa shape index (κ1) is 14.9. The van der Waals surface area contributed by atoms with Crippen molar-refractivity contribution >= 4 is 0 Å². The Bertz CT molecular complexity index is 185. The van der Waals surface area contributed by atoms with Crippen molar-refractivity contribution in [1.82, 2.24) is 4.90 Å². The van der Waals surface area contributed by atoms with Crippen LogP contribution in [-0.2, 0) is 4.74 Å². The lowest BCUT2D eigenvalue weighted by atomic mass is 10.1. The largest absolute Gasteiger partial charge is 0.377 e. The van der Waals surface area contributed by atoms with Crippen LogP contribution in [0, 0.1) is 0 Å². The van der Waals surface area contributed by atoms with E-state index in [1.165, 1.54) is 32.2 Å². The van der Waals surface area contributed by atoms with E-state index in [9.17, 15) is 0 Å². The van der Waals surface area contributed by atoms with Gasteiger partial charge in [0.25, 0.3) is 0 Å². The van der Waals surface area contributed by atoms with Crippen LogP contribution in [0.3, 0.4) is 0 Å². The maximum absolute atomic E-state index is 6.15. The third kappa shape index (κ3) is 6.39. The van der Waals surface area contributed by atoms with Crippen molar-refractivity contribution in [3.63, 3.8) is 0 Å². The Balaban J connectivity index is 2.19. The van der Waals surface area contributed by atoms with Gasteiger partial charge in [-0.05, 0) is 32.2 Å². The van der Waals surface area contributed by atoms with Gasteiger partial charge in [0, 0.05) is 25.7 Å². The number of nitrogens with two attached hydrogens (primary N) is 1. The van der Waals surface area contributed by atoms with Crippen LogP contribution in [0.1, 0.15) is 52.4 Å². The van der Waals surface area contributed by atoms with Crippen LogP contribution in [0.2, 0.25) is 0 Å². The van der Waals surface area contributed by atoms with Crippen LogP contribution in [0.15, 0.2) is 0 Å². The molecule has 0 aliphatic carbocycles. The number of rotatable bonds is 8. The summed E-state index contributed by atoms with van der Waals surface area (Å²) in [4.78, 5) is 2.49. The zero-order valence-electron chi connectivity index (χ0n) is 11.7. The van der Waals surface area contributed by atoms with Gasteiger partial charge in [-0.1, -0.05) is 26.7 Å². The Morgan fingerprint density at radius 1 is 1.35 bits per heavy atom. The molecule has 3 nitrogen and oxygen atoms in total. The molecule has 0 aromatic heterocycles. The van der Waals surface area contributed by atoms with Crippen LogP contribution in [0.4, 0.5) is 0 Å². The number of piperidine rings is 1. The van der Waals surface area contributed by atoms with Gasteiger partial charge in [0.2, 0.25) is 0 Å². The molecule has 3 heteroatoms. The fraction of sp³-hybridized carbons (Fsp3) is 1.00. The molecule has 1 aliphatic heterocycles.